The number of thiophene rings is 1. The van der Waals surface area contributed by atoms with E-state index in [2.05, 4.69) is 5.32 Å². The van der Waals surface area contributed by atoms with E-state index in [0.717, 1.165) is 10.4 Å². The van der Waals surface area contributed by atoms with Crippen LogP contribution in [0.1, 0.15) is 51.1 Å². The van der Waals surface area contributed by atoms with Gasteiger partial charge in [-0.25, -0.2) is 4.79 Å². The number of ether oxygens (including phenoxy) is 2. The van der Waals surface area contributed by atoms with E-state index in [1.165, 1.54) is 15.9 Å². The van der Waals surface area contributed by atoms with Crippen molar-refractivity contribution in [2.45, 2.75) is 66.3 Å². The number of hydrogen-bond donors (Lipinski definition) is 1. The van der Waals surface area contributed by atoms with Crippen LogP contribution in [0.15, 0.2) is 9.59 Å². The molecule has 29 heavy (non-hydrogen) atoms. The van der Waals surface area contributed by atoms with Crippen LogP contribution in [0, 0.1) is 6.92 Å². The molecule has 0 aliphatic heterocycles. The normalized spacial score (nSPS) is 12.1. The lowest BCUT2D eigenvalue weighted by atomic mass is 10.2. The molecule has 0 atom stereocenters. The van der Waals surface area contributed by atoms with Gasteiger partial charge in [0.15, 0.2) is 0 Å². The quantitative estimate of drug-likeness (QED) is 0.652. The molecule has 0 amide bonds. The van der Waals surface area contributed by atoms with Crippen molar-refractivity contribution in [3.8, 4) is 0 Å². The molecule has 0 saturated heterocycles. The Morgan fingerprint density at radius 1 is 1.24 bits per heavy atom. The highest BCUT2D eigenvalue weighted by Gasteiger charge is 2.21. The van der Waals surface area contributed by atoms with Gasteiger partial charge < -0.3 is 14.8 Å². The zero-order valence-corrected chi connectivity index (χ0v) is 19.1. The van der Waals surface area contributed by atoms with Gasteiger partial charge in [0, 0.05) is 24.6 Å². The van der Waals surface area contributed by atoms with E-state index in [1.807, 2.05) is 41.5 Å². The molecule has 0 aliphatic rings. The fourth-order valence-electron chi connectivity index (χ4n) is 3.07. The summed E-state index contributed by atoms with van der Waals surface area (Å²) in [5.41, 5.74) is -0.317. The van der Waals surface area contributed by atoms with E-state index in [0.29, 0.717) is 29.9 Å². The molecular formula is C20H31N3O5S. The SMILES string of the molecule is COCCn1c(=O)n(C(C)C)c(=O)c2c(C)c(CNCC(=O)OC(C)(C)C)sc21. The third-order valence-electron chi connectivity index (χ3n) is 4.35. The number of aromatic nitrogens is 2. The number of aryl methyl sites for hydroxylation is 1. The van der Waals surface area contributed by atoms with Gasteiger partial charge >= 0.3 is 11.7 Å². The van der Waals surface area contributed by atoms with Crippen LogP contribution in [0.2, 0.25) is 0 Å². The minimum absolute atomic E-state index is 0.0671. The van der Waals surface area contributed by atoms with Crippen LogP contribution in [-0.2, 0) is 27.4 Å². The Hall–Kier alpha value is -1.97. The minimum Gasteiger partial charge on any atom is -0.459 e. The topological polar surface area (TPSA) is 91.6 Å². The predicted molar refractivity (Wildman–Crippen MR) is 115 cm³/mol. The average Bonchev–Trinajstić information content (AvgIpc) is 2.90. The first-order valence-corrected chi connectivity index (χ1v) is 10.5. The molecule has 0 unspecified atom stereocenters. The van der Waals surface area contributed by atoms with E-state index in [4.69, 9.17) is 9.47 Å². The molecule has 0 saturated carbocycles. The number of carbonyl (C=O) groups is 1. The second kappa shape index (κ2) is 9.23. The van der Waals surface area contributed by atoms with Gasteiger partial charge in [-0.1, -0.05) is 0 Å². The van der Waals surface area contributed by atoms with Crippen molar-refractivity contribution in [2.75, 3.05) is 20.3 Å². The average molecular weight is 426 g/mol. The Bertz CT molecular complexity index is 995. The third-order valence-corrected chi connectivity index (χ3v) is 5.67. The number of methoxy groups -OCH3 is 1. The maximum absolute atomic E-state index is 13.0. The van der Waals surface area contributed by atoms with E-state index in [9.17, 15) is 14.4 Å². The Labute approximate surface area is 174 Å². The number of fused-ring (bicyclic) bond motifs is 1. The van der Waals surface area contributed by atoms with Gasteiger partial charge in [0.05, 0.1) is 25.1 Å². The lowest BCUT2D eigenvalue weighted by molar-refractivity contribution is -0.153. The molecule has 2 aromatic heterocycles. The van der Waals surface area contributed by atoms with Crippen molar-refractivity contribution >= 4 is 27.5 Å². The van der Waals surface area contributed by atoms with Gasteiger partial charge in [0.25, 0.3) is 5.56 Å². The summed E-state index contributed by atoms with van der Waals surface area (Å²) in [5, 5.41) is 3.62. The fraction of sp³-hybridized carbons (Fsp3) is 0.650. The zero-order chi connectivity index (χ0) is 21.9. The van der Waals surface area contributed by atoms with Gasteiger partial charge in [-0.05, 0) is 47.1 Å². The molecule has 9 heteroatoms. The molecule has 0 fully saturated rings. The smallest absolute Gasteiger partial charge is 0.332 e. The van der Waals surface area contributed by atoms with Crippen LogP contribution < -0.4 is 16.6 Å². The molecule has 162 valence electrons. The number of nitrogens with zero attached hydrogens (tertiary/aromatic N) is 2. The van der Waals surface area contributed by atoms with Gasteiger partial charge in [-0.2, -0.15) is 0 Å². The number of nitrogens with one attached hydrogen (secondary N) is 1. The summed E-state index contributed by atoms with van der Waals surface area (Å²) in [6, 6.07) is -0.249. The summed E-state index contributed by atoms with van der Waals surface area (Å²) < 4.78 is 13.3. The highest BCUT2D eigenvalue weighted by Crippen LogP contribution is 2.28. The van der Waals surface area contributed by atoms with Crippen LogP contribution >= 0.6 is 11.3 Å². The second-order valence-electron chi connectivity index (χ2n) is 8.22. The molecule has 8 nitrogen and oxygen atoms in total. The first kappa shape index (κ1) is 23.3. The molecule has 2 aromatic rings. The van der Waals surface area contributed by atoms with Gasteiger partial charge in [-0.3, -0.25) is 18.7 Å². The first-order valence-electron chi connectivity index (χ1n) is 9.66. The van der Waals surface area contributed by atoms with Crippen molar-refractivity contribution in [1.29, 1.82) is 0 Å². The number of rotatable bonds is 8. The van der Waals surface area contributed by atoms with Crippen LogP contribution in [0.4, 0.5) is 0 Å². The Kier molecular flexibility index (Phi) is 7.42. The van der Waals surface area contributed by atoms with E-state index < -0.39 is 5.60 Å². The fourth-order valence-corrected chi connectivity index (χ4v) is 4.35. The second-order valence-corrected chi connectivity index (χ2v) is 9.30. The van der Waals surface area contributed by atoms with Crippen molar-refractivity contribution in [3.05, 3.63) is 31.3 Å². The third kappa shape index (κ3) is 5.34. The predicted octanol–water partition coefficient (Wildman–Crippen LogP) is 2.19. The summed E-state index contributed by atoms with van der Waals surface area (Å²) in [7, 11) is 1.58. The number of esters is 1. The molecule has 1 N–H and O–H groups in total. The van der Waals surface area contributed by atoms with Crippen molar-refractivity contribution < 1.29 is 14.3 Å². The summed E-state index contributed by atoms with van der Waals surface area (Å²) in [6.45, 7) is 12.2. The maximum Gasteiger partial charge on any atom is 0.332 e. The van der Waals surface area contributed by atoms with E-state index >= 15 is 0 Å². The molecule has 0 aromatic carbocycles. The Morgan fingerprint density at radius 2 is 1.90 bits per heavy atom. The molecule has 0 spiro atoms. The summed E-state index contributed by atoms with van der Waals surface area (Å²) in [5.74, 6) is -0.338. The van der Waals surface area contributed by atoms with Crippen molar-refractivity contribution in [2.24, 2.45) is 0 Å². The molecule has 2 heterocycles. The van der Waals surface area contributed by atoms with Crippen LogP contribution in [0.25, 0.3) is 10.2 Å². The Morgan fingerprint density at radius 3 is 2.45 bits per heavy atom. The van der Waals surface area contributed by atoms with Crippen molar-refractivity contribution in [1.82, 2.24) is 14.5 Å². The van der Waals surface area contributed by atoms with Gasteiger partial charge in [-0.15, -0.1) is 11.3 Å². The van der Waals surface area contributed by atoms with Crippen LogP contribution in [0.5, 0.6) is 0 Å². The standard InChI is InChI=1S/C20H31N3O5S/c1-12(2)23-17(25)16-13(3)14(10-21-11-15(24)28-20(4,5)6)29-18(16)22(19(23)26)8-9-27-7/h12,21H,8-11H2,1-7H3. The molecular weight excluding hydrogens is 394 g/mol. The lowest BCUT2D eigenvalue weighted by Crippen LogP contribution is -2.41. The van der Waals surface area contributed by atoms with Crippen LogP contribution in [0.3, 0.4) is 0 Å². The number of carbonyl (C=O) groups excluding carboxylic acids is 1. The van der Waals surface area contributed by atoms with Gasteiger partial charge in [0.1, 0.15) is 10.4 Å². The van der Waals surface area contributed by atoms with Crippen LogP contribution in [-0.4, -0.2) is 41.0 Å². The monoisotopic (exact) mass is 425 g/mol. The first-order chi connectivity index (χ1) is 13.5. The van der Waals surface area contributed by atoms with E-state index in [-0.39, 0.29) is 29.8 Å². The maximum atomic E-state index is 13.0. The highest BCUT2D eigenvalue weighted by atomic mass is 32.1. The highest BCUT2D eigenvalue weighted by molar-refractivity contribution is 7.18. The molecule has 2 rings (SSSR count). The van der Waals surface area contributed by atoms with Gasteiger partial charge in [0.2, 0.25) is 0 Å². The minimum atomic E-state index is -0.536. The lowest BCUT2D eigenvalue weighted by Gasteiger charge is -2.19. The molecule has 0 bridgehead atoms. The van der Waals surface area contributed by atoms with E-state index in [1.54, 1.807) is 11.7 Å². The zero-order valence-electron chi connectivity index (χ0n) is 18.2. The largest absolute Gasteiger partial charge is 0.459 e. The molecule has 0 radical (unpaired) electrons. The molecule has 0 aliphatic carbocycles. The summed E-state index contributed by atoms with van der Waals surface area (Å²) in [4.78, 5) is 39.4. The summed E-state index contributed by atoms with van der Waals surface area (Å²) in [6.07, 6.45) is 0. The summed E-state index contributed by atoms with van der Waals surface area (Å²) >= 11 is 1.39. The van der Waals surface area contributed by atoms with Crippen molar-refractivity contribution in [3.63, 3.8) is 0 Å². The number of hydrogen-bond acceptors (Lipinski definition) is 7. The Balaban J connectivity index is 2.40.